The maximum Gasteiger partial charge on any atom is 0.229 e. The number of hydrogen-bond donors (Lipinski definition) is 2. The molecule has 1 aliphatic rings. The van der Waals surface area contributed by atoms with E-state index in [9.17, 15) is 8.42 Å². The van der Waals surface area contributed by atoms with Crippen molar-refractivity contribution in [2.75, 3.05) is 23.0 Å². The topological polar surface area (TPSA) is 88.5 Å². The van der Waals surface area contributed by atoms with Crippen molar-refractivity contribution >= 4 is 54.7 Å². The van der Waals surface area contributed by atoms with E-state index in [1.807, 2.05) is 59.6 Å². The minimum atomic E-state index is -3.48. The molecular formula is C26H24BrN5O3S2. The molecule has 5 rings (SSSR count). The second-order valence-corrected chi connectivity index (χ2v) is 11.6. The first kappa shape index (κ1) is 25.2. The molecule has 1 fully saturated rings. The molecule has 2 aromatic carbocycles. The number of aromatic nitrogens is 2. The van der Waals surface area contributed by atoms with Crippen molar-refractivity contribution in [1.29, 1.82) is 0 Å². The summed E-state index contributed by atoms with van der Waals surface area (Å²) in [4.78, 5) is 6.64. The van der Waals surface area contributed by atoms with Gasteiger partial charge in [0.05, 0.1) is 30.8 Å². The van der Waals surface area contributed by atoms with E-state index >= 15 is 0 Å². The third kappa shape index (κ3) is 5.20. The number of nitrogens with zero attached hydrogens (tertiary/aromatic N) is 3. The van der Waals surface area contributed by atoms with Crippen molar-refractivity contribution in [3.05, 3.63) is 101 Å². The molecule has 0 spiro atoms. The SMILES string of the molecule is COc1cc(N2C(=S)N[C@@H](c3ccccn3)[C@H]2c2cccn2-c2cccc(Br)c2)ccc1NS(C)(=O)=O. The maximum atomic E-state index is 11.8. The van der Waals surface area contributed by atoms with Gasteiger partial charge in [-0.3, -0.25) is 9.71 Å². The highest BCUT2D eigenvalue weighted by atomic mass is 79.9. The summed E-state index contributed by atoms with van der Waals surface area (Å²) in [5, 5.41) is 3.98. The second-order valence-electron chi connectivity index (χ2n) is 8.54. The first-order valence-electron chi connectivity index (χ1n) is 11.3. The van der Waals surface area contributed by atoms with Crippen molar-refractivity contribution < 1.29 is 13.2 Å². The third-order valence-corrected chi connectivity index (χ3v) is 7.42. The van der Waals surface area contributed by atoms with Crippen molar-refractivity contribution in [2.24, 2.45) is 0 Å². The Balaban J connectivity index is 1.65. The molecular weight excluding hydrogens is 574 g/mol. The second kappa shape index (κ2) is 10.2. The molecule has 37 heavy (non-hydrogen) atoms. The van der Waals surface area contributed by atoms with Gasteiger partial charge in [-0.2, -0.15) is 0 Å². The molecule has 190 valence electrons. The van der Waals surface area contributed by atoms with Gasteiger partial charge in [-0.05, 0) is 66.8 Å². The van der Waals surface area contributed by atoms with Crippen molar-refractivity contribution in [2.45, 2.75) is 12.1 Å². The zero-order valence-corrected chi connectivity index (χ0v) is 23.2. The summed E-state index contributed by atoms with van der Waals surface area (Å²) in [7, 11) is -1.98. The number of nitrogens with one attached hydrogen (secondary N) is 2. The number of benzene rings is 2. The van der Waals surface area contributed by atoms with Gasteiger partial charge in [0.2, 0.25) is 10.0 Å². The van der Waals surface area contributed by atoms with E-state index in [-0.39, 0.29) is 12.1 Å². The molecule has 11 heteroatoms. The van der Waals surface area contributed by atoms with E-state index in [4.69, 9.17) is 17.0 Å². The number of thiocarbonyl (C=S) groups is 1. The number of ether oxygens (including phenoxy) is 1. The number of sulfonamides is 1. The molecule has 0 unspecified atom stereocenters. The van der Waals surface area contributed by atoms with Crippen LogP contribution in [-0.2, 0) is 10.0 Å². The van der Waals surface area contributed by atoms with Crippen LogP contribution in [0, 0.1) is 0 Å². The Hall–Kier alpha value is -3.41. The largest absolute Gasteiger partial charge is 0.494 e. The fourth-order valence-electron chi connectivity index (χ4n) is 4.54. The highest BCUT2D eigenvalue weighted by molar-refractivity contribution is 9.10. The Morgan fingerprint density at radius 1 is 1.05 bits per heavy atom. The fourth-order valence-corrected chi connectivity index (χ4v) is 5.84. The molecule has 2 aromatic heterocycles. The first-order chi connectivity index (χ1) is 17.7. The first-order valence-corrected chi connectivity index (χ1v) is 14.4. The van der Waals surface area contributed by atoms with Gasteiger partial charge in [0.1, 0.15) is 11.8 Å². The number of methoxy groups -OCH3 is 1. The minimum Gasteiger partial charge on any atom is -0.494 e. The Labute approximate surface area is 229 Å². The van der Waals surface area contributed by atoms with Crippen LogP contribution in [0.15, 0.2) is 89.7 Å². The standard InChI is InChI=1S/C26H24BrN5O3S2/c1-35-23-16-19(11-12-20(23)30-37(2,33)34)32-25(24(29-26(32)36)21-9-3-4-13-28-21)22-10-6-14-31(22)18-8-5-7-17(27)15-18/h3-16,24-25,30H,1-2H3,(H,29,36)/t24-,25+/m0/s1. The Kier molecular flexibility index (Phi) is 6.93. The van der Waals surface area contributed by atoms with E-state index in [0.717, 1.165) is 33.5 Å². The molecule has 0 saturated carbocycles. The minimum absolute atomic E-state index is 0.241. The Morgan fingerprint density at radius 3 is 2.59 bits per heavy atom. The van der Waals surface area contributed by atoms with Gasteiger partial charge >= 0.3 is 0 Å². The molecule has 3 heterocycles. The number of pyridine rings is 1. The zero-order chi connectivity index (χ0) is 26.2. The monoisotopic (exact) mass is 597 g/mol. The van der Waals surface area contributed by atoms with Crippen LogP contribution in [0.1, 0.15) is 23.5 Å². The molecule has 1 aliphatic heterocycles. The van der Waals surface area contributed by atoms with E-state index in [1.165, 1.54) is 7.11 Å². The summed E-state index contributed by atoms with van der Waals surface area (Å²) in [5.41, 5.74) is 3.94. The van der Waals surface area contributed by atoms with Crippen molar-refractivity contribution in [1.82, 2.24) is 14.9 Å². The lowest BCUT2D eigenvalue weighted by Crippen LogP contribution is -2.30. The molecule has 1 saturated heterocycles. The quantitative estimate of drug-likeness (QED) is 0.283. The van der Waals surface area contributed by atoms with Gasteiger partial charge in [-0.1, -0.05) is 28.1 Å². The summed E-state index contributed by atoms with van der Waals surface area (Å²) in [6, 6.07) is 22.7. The van der Waals surface area contributed by atoms with Crippen LogP contribution in [0.4, 0.5) is 11.4 Å². The van der Waals surface area contributed by atoms with Crippen LogP contribution in [-0.4, -0.2) is 36.4 Å². The van der Waals surface area contributed by atoms with Gasteiger partial charge in [-0.25, -0.2) is 8.42 Å². The number of anilines is 2. The van der Waals surface area contributed by atoms with Crippen LogP contribution in [0.3, 0.4) is 0 Å². The van der Waals surface area contributed by atoms with E-state index in [2.05, 4.69) is 47.7 Å². The summed E-state index contributed by atoms with van der Waals surface area (Å²) in [6.07, 6.45) is 4.89. The van der Waals surface area contributed by atoms with E-state index in [1.54, 1.807) is 18.3 Å². The summed E-state index contributed by atoms with van der Waals surface area (Å²) < 4.78 is 34.8. The van der Waals surface area contributed by atoms with Crippen molar-refractivity contribution in [3.63, 3.8) is 0 Å². The Bertz CT molecular complexity index is 1560. The molecule has 4 aromatic rings. The van der Waals surface area contributed by atoms with Crippen LogP contribution in [0.5, 0.6) is 5.75 Å². The lowest BCUT2D eigenvalue weighted by Gasteiger charge is -2.29. The number of hydrogen-bond acceptors (Lipinski definition) is 5. The van der Waals surface area contributed by atoms with Crippen molar-refractivity contribution in [3.8, 4) is 11.4 Å². The zero-order valence-electron chi connectivity index (χ0n) is 20.0. The van der Waals surface area contributed by atoms with Gasteiger partial charge in [-0.15, -0.1) is 0 Å². The highest BCUT2D eigenvalue weighted by Gasteiger charge is 2.42. The van der Waals surface area contributed by atoms with Crippen LogP contribution in [0.2, 0.25) is 0 Å². The van der Waals surface area contributed by atoms with Gasteiger partial charge in [0.25, 0.3) is 0 Å². The molecule has 0 radical (unpaired) electrons. The third-order valence-electron chi connectivity index (χ3n) is 6.03. The normalized spacial score (nSPS) is 17.5. The van der Waals surface area contributed by atoms with Crippen LogP contribution < -0.4 is 19.7 Å². The molecule has 0 aliphatic carbocycles. The average molecular weight is 599 g/mol. The summed E-state index contributed by atoms with van der Waals surface area (Å²) in [5.74, 6) is 0.383. The van der Waals surface area contributed by atoms with Crippen LogP contribution >= 0.6 is 28.1 Å². The van der Waals surface area contributed by atoms with E-state index in [0.29, 0.717) is 16.5 Å². The smallest absolute Gasteiger partial charge is 0.229 e. The number of rotatable bonds is 7. The predicted octanol–water partition coefficient (Wildman–Crippen LogP) is 5.19. The lowest BCUT2D eigenvalue weighted by molar-refractivity contribution is 0.417. The lowest BCUT2D eigenvalue weighted by atomic mass is 10.0. The molecule has 0 bridgehead atoms. The molecule has 2 atom stereocenters. The molecule has 2 N–H and O–H groups in total. The molecule has 0 amide bonds. The predicted molar refractivity (Wildman–Crippen MR) is 153 cm³/mol. The summed E-state index contributed by atoms with van der Waals surface area (Å²) >= 11 is 9.43. The fraction of sp³-hybridized carbons (Fsp3) is 0.154. The van der Waals surface area contributed by atoms with E-state index < -0.39 is 10.0 Å². The molecule has 8 nitrogen and oxygen atoms in total. The number of halogens is 1. The Morgan fingerprint density at radius 2 is 1.89 bits per heavy atom. The van der Waals surface area contributed by atoms with Crippen LogP contribution in [0.25, 0.3) is 5.69 Å². The van der Waals surface area contributed by atoms with Gasteiger partial charge in [0.15, 0.2) is 5.11 Å². The van der Waals surface area contributed by atoms with Gasteiger partial charge in [0, 0.05) is 40.0 Å². The summed E-state index contributed by atoms with van der Waals surface area (Å²) in [6.45, 7) is 0. The van der Waals surface area contributed by atoms with Gasteiger partial charge < -0.3 is 19.5 Å². The maximum absolute atomic E-state index is 11.8. The average Bonchev–Trinajstić information content (AvgIpc) is 3.48. The highest BCUT2D eigenvalue weighted by Crippen LogP contribution is 2.44.